The molecule has 1 aromatic rings. The molecule has 21 heavy (non-hydrogen) atoms. The van der Waals surface area contributed by atoms with E-state index in [0.717, 1.165) is 31.7 Å². The lowest BCUT2D eigenvalue weighted by Crippen LogP contribution is -2.40. The number of carbonyl (C=O) groups excluding carboxylic acids is 1. The Morgan fingerprint density at radius 1 is 1.33 bits per heavy atom. The average molecular weight is 292 g/mol. The average Bonchev–Trinajstić information content (AvgIpc) is 2.89. The highest BCUT2D eigenvalue weighted by Crippen LogP contribution is 2.19. The molecule has 116 valence electrons. The SMILES string of the molecule is CCOc1ccc(OC(=O)CN2CCCC2CNC)cc1. The van der Waals surface area contributed by atoms with E-state index in [1.165, 1.54) is 0 Å². The van der Waals surface area contributed by atoms with Gasteiger partial charge < -0.3 is 14.8 Å². The van der Waals surface area contributed by atoms with Crippen molar-refractivity contribution < 1.29 is 14.3 Å². The molecule has 1 aliphatic rings. The zero-order valence-corrected chi connectivity index (χ0v) is 12.8. The maximum Gasteiger partial charge on any atom is 0.325 e. The molecule has 1 aliphatic heterocycles. The summed E-state index contributed by atoms with van der Waals surface area (Å²) in [5, 5.41) is 3.17. The normalized spacial score (nSPS) is 18.7. The van der Waals surface area contributed by atoms with Crippen LogP contribution in [0.15, 0.2) is 24.3 Å². The van der Waals surface area contributed by atoms with Gasteiger partial charge in [0.25, 0.3) is 0 Å². The number of hydrogen-bond acceptors (Lipinski definition) is 5. The van der Waals surface area contributed by atoms with Gasteiger partial charge in [-0.2, -0.15) is 0 Å². The first-order chi connectivity index (χ1) is 10.2. The number of rotatable bonds is 7. The Morgan fingerprint density at radius 2 is 2.05 bits per heavy atom. The van der Waals surface area contributed by atoms with E-state index in [2.05, 4.69) is 10.2 Å². The molecule has 5 heteroatoms. The van der Waals surface area contributed by atoms with Crippen molar-refractivity contribution >= 4 is 5.97 Å². The Balaban J connectivity index is 1.83. The van der Waals surface area contributed by atoms with Crippen LogP contribution in [0.3, 0.4) is 0 Å². The monoisotopic (exact) mass is 292 g/mol. The number of likely N-dealkylation sites (N-methyl/N-ethyl adjacent to an activating group) is 1. The summed E-state index contributed by atoms with van der Waals surface area (Å²) in [6.45, 7) is 4.78. The molecule has 0 spiro atoms. The summed E-state index contributed by atoms with van der Waals surface area (Å²) in [6.07, 6.45) is 2.28. The number of hydrogen-bond donors (Lipinski definition) is 1. The lowest BCUT2D eigenvalue weighted by atomic mass is 10.2. The van der Waals surface area contributed by atoms with Crippen molar-refractivity contribution in [2.75, 3.05) is 33.3 Å². The summed E-state index contributed by atoms with van der Waals surface area (Å²) in [5.41, 5.74) is 0. The van der Waals surface area contributed by atoms with Gasteiger partial charge in [0, 0.05) is 12.6 Å². The minimum Gasteiger partial charge on any atom is -0.494 e. The first kappa shape index (κ1) is 15.8. The van der Waals surface area contributed by atoms with Gasteiger partial charge in [0.1, 0.15) is 11.5 Å². The highest BCUT2D eigenvalue weighted by Gasteiger charge is 2.26. The third-order valence-corrected chi connectivity index (χ3v) is 3.64. The number of likely N-dealkylation sites (tertiary alicyclic amines) is 1. The van der Waals surface area contributed by atoms with E-state index >= 15 is 0 Å². The van der Waals surface area contributed by atoms with E-state index in [9.17, 15) is 4.79 Å². The zero-order chi connectivity index (χ0) is 15.1. The van der Waals surface area contributed by atoms with E-state index in [4.69, 9.17) is 9.47 Å². The van der Waals surface area contributed by atoms with Crippen molar-refractivity contribution in [1.82, 2.24) is 10.2 Å². The van der Waals surface area contributed by atoms with Gasteiger partial charge in [-0.1, -0.05) is 0 Å². The van der Waals surface area contributed by atoms with E-state index in [1.54, 1.807) is 12.1 Å². The van der Waals surface area contributed by atoms with Crippen LogP contribution in [0.5, 0.6) is 11.5 Å². The van der Waals surface area contributed by atoms with Crippen LogP contribution in [-0.4, -0.2) is 50.2 Å². The molecule has 0 aliphatic carbocycles. The molecule has 0 radical (unpaired) electrons. The minimum atomic E-state index is -0.206. The van der Waals surface area contributed by atoms with Crippen molar-refractivity contribution in [3.05, 3.63) is 24.3 Å². The van der Waals surface area contributed by atoms with Crippen molar-refractivity contribution in [2.24, 2.45) is 0 Å². The molecule has 5 nitrogen and oxygen atoms in total. The molecule has 0 bridgehead atoms. The zero-order valence-electron chi connectivity index (χ0n) is 12.8. The van der Waals surface area contributed by atoms with Gasteiger partial charge in [-0.05, 0) is 57.6 Å². The van der Waals surface area contributed by atoms with Crippen LogP contribution in [0, 0.1) is 0 Å². The van der Waals surface area contributed by atoms with Crippen LogP contribution >= 0.6 is 0 Å². The Bertz CT molecular complexity index is 447. The number of esters is 1. The molecule has 1 fully saturated rings. The summed E-state index contributed by atoms with van der Waals surface area (Å²) in [5.74, 6) is 1.14. The van der Waals surface area contributed by atoms with E-state index in [-0.39, 0.29) is 5.97 Å². The number of carbonyl (C=O) groups is 1. The predicted molar refractivity (Wildman–Crippen MR) is 81.8 cm³/mol. The molecule has 2 rings (SSSR count). The molecule has 1 atom stereocenters. The third kappa shape index (κ3) is 4.72. The lowest BCUT2D eigenvalue weighted by Gasteiger charge is -2.22. The second-order valence-corrected chi connectivity index (χ2v) is 5.20. The van der Waals surface area contributed by atoms with Gasteiger partial charge in [0.05, 0.1) is 13.2 Å². The van der Waals surface area contributed by atoms with Crippen molar-refractivity contribution in [3.8, 4) is 11.5 Å². The summed E-state index contributed by atoms with van der Waals surface area (Å²) in [6, 6.07) is 7.58. The fourth-order valence-corrected chi connectivity index (χ4v) is 2.67. The quantitative estimate of drug-likeness (QED) is 0.612. The second-order valence-electron chi connectivity index (χ2n) is 5.20. The topological polar surface area (TPSA) is 50.8 Å². The summed E-state index contributed by atoms with van der Waals surface area (Å²) >= 11 is 0. The molecule has 1 N–H and O–H groups in total. The van der Waals surface area contributed by atoms with E-state index in [0.29, 0.717) is 24.9 Å². The molecule has 1 aromatic carbocycles. The maximum absolute atomic E-state index is 12.0. The van der Waals surface area contributed by atoms with Gasteiger partial charge in [-0.15, -0.1) is 0 Å². The smallest absolute Gasteiger partial charge is 0.325 e. The van der Waals surface area contributed by atoms with Gasteiger partial charge in [-0.25, -0.2) is 0 Å². The maximum atomic E-state index is 12.0. The first-order valence-corrected chi connectivity index (χ1v) is 7.55. The van der Waals surface area contributed by atoms with Crippen LogP contribution in [0.1, 0.15) is 19.8 Å². The molecular formula is C16H24N2O3. The Labute approximate surface area is 126 Å². The van der Waals surface area contributed by atoms with Crippen LogP contribution in [0.4, 0.5) is 0 Å². The third-order valence-electron chi connectivity index (χ3n) is 3.64. The molecule has 0 aromatic heterocycles. The standard InChI is InChI=1S/C16H24N2O3/c1-3-20-14-6-8-15(9-7-14)21-16(19)12-18-10-4-5-13(18)11-17-2/h6-9,13,17H,3-5,10-12H2,1-2H3. The molecule has 1 heterocycles. The highest BCUT2D eigenvalue weighted by atomic mass is 16.5. The minimum absolute atomic E-state index is 0.206. The van der Waals surface area contributed by atoms with Crippen LogP contribution in [0.25, 0.3) is 0 Å². The van der Waals surface area contributed by atoms with Gasteiger partial charge in [-0.3, -0.25) is 9.69 Å². The Hall–Kier alpha value is -1.59. The predicted octanol–water partition coefficient (Wildman–Crippen LogP) is 1.67. The lowest BCUT2D eigenvalue weighted by molar-refractivity contribution is -0.135. The molecule has 0 saturated carbocycles. The summed E-state index contributed by atoms with van der Waals surface area (Å²) in [7, 11) is 1.94. The molecule has 1 unspecified atom stereocenters. The van der Waals surface area contributed by atoms with E-state index in [1.807, 2.05) is 26.1 Å². The summed E-state index contributed by atoms with van der Waals surface area (Å²) in [4.78, 5) is 14.2. The number of ether oxygens (including phenoxy) is 2. The van der Waals surface area contributed by atoms with Gasteiger partial charge in [0.15, 0.2) is 0 Å². The van der Waals surface area contributed by atoms with Crippen LogP contribution in [-0.2, 0) is 4.79 Å². The fourth-order valence-electron chi connectivity index (χ4n) is 2.67. The van der Waals surface area contributed by atoms with Crippen molar-refractivity contribution in [3.63, 3.8) is 0 Å². The Morgan fingerprint density at radius 3 is 2.71 bits per heavy atom. The number of nitrogens with one attached hydrogen (secondary N) is 1. The highest BCUT2D eigenvalue weighted by molar-refractivity contribution is 5.74. The number of nitrogens with zero attached hydrogens (tertiary/aromatic N) is 1. The van der Waals surface area contributed by atoms with Crippen LogP contribution < -0.4 is 14.8 Å². The Kier molecular flexibility index (Phi) is 6.02. The largest absolute Gasteiger partial charge is 0.494 e. The van der Waals surface area contributed by atoms with Crippen molar-refractivity contribution in [2.45, 2.75) is 25.8 Å². The van der Waals surface area contributed by atoms with Gasteiger partial charge >= 0.3 is 5.97 Å². The number of benzene rings is 1. The van der Waals surface area contributed by atoms with E-state index < -0.39 is 0 Å². The first-order valence-electron chi connectivity index (χ1n) is 7.55. The molecular weight excluding hydrogens is 268 g/mol. The van der Waals surface area contributed by atoms with Crippen molar-refractivity contribution in [1.29, 1.82) is 0 Å². The fraction of sp³-hybridized carbons (Fsp3) is 0.562. The molecule has 0 amide bonds. The molecule has 1 saturated heterocycles. The summed E-state index contributed by atoms with van der Waals surface area (Å²) < 4.78 is 10.7. The van der Waals surface area contributed by atoms with Gasteiger partial charge in [0.2, 0.25) is 0 Å². The second kappa shape index (κ2) is 8.00. The van der Waals surface area contributed by atoms with Crippen LogP contribution in [0.2, 0.25) is 0 Å².